The minimum Gasteiger partial charge on any atom is -0.383 e. The fourth-order valence-electron chi connectivity index (χ4n) is 2.46. The summed E-state index contributed by atoms with van der Waals surface area (Å²) in [6.45, 7) is 10.7. The highest BCUT2D eigenvalue weighted by atomic mass is 15.1. The third kappa shape index (κ3) is 2.37. The lowest BCUT2D eigenvalue weighted by Crippen LogP contribution is -2.17. The van der Waals surface area contributed by atoms with E-state index in [9.17, 15) is 0 Å². The first-order chi connectivity index (χ1) is 8.71. The molecule has 0 aliphatic rings. The third-order valence-electron chi connectivity index (χ3n) is 3.45. The van der Waals surface area contributed by atoms with Gasteiger partial charge in [0.2, 0.25) is 0 Å². The van der Waals surface area contributed by atoms with Crippen molar-refractivity contribution in [2.75, 3.05) is 5.73 Å². The Morgan fingerprint density at radius 2 is 1.79 bits per heavy atom. The molecule has 0 spiro atoms. The Morgan fingerprint density at radius 3 is 2.26 bits per heavy atom. The van der Waals surface area contributed by atoms with E-state index < -0.39 is 0 Å². The van der Waals surface area contributed by atoms with E-state index in [1.807, 2.05) is 11.6 Å². The molecule has 0 radical (unpaired) electrons. The molecular weight excluding hydrogens is 234 g/mol. The van der Waals surface area contributed by atoms with Crippen LogP contribution in [0.3, 0.4) is 0 Å². The second kappa shape index (κ2) is 4.41. The molecule has 0 fully saturated rings. The first-order valence-corrected chi connectivity index (χ1v) is 6.62. The predicted octanol–water partition coefficient (Wildman–Crippen LogP) is 3.58. The van der Waals surface area contributed by atoms with Crippen molar-refractivity contribution in [1.29, 1.82) is 0 Å². The van der Waals surface area contributed by atoms with Gasteiger partial charge in [-0.1, -0.05) is 44.5 Å². The smallest absolute Gasteiger partial charge is 0.131 e. The summed E-state index contributed by atoms with van der Waals surface area (Å²) in [5.74, 6) is 1.75. The lowest BCUT2D eigenvalue weighted by atomic mass is 9.96. The van der Waals surface area contributed by atoms with Crippen molar-refractivity contribution >= 4 is 5.82 Å². The molecular formula is C16H23N3. The van der Waals surface area contributed by atoms with Gasteiger partial charge in [-0.3, -0.25) is 0 Å². The van der Waals surface area contributed by atoms with Gasteiger partial charge in [-0.15, -0.1) is 0 Å². The zero-order valence-corrected chi connectivity index (χ0v) is 12.7. The van der Waals surface area contributed by atoms with Gasteiger partial charge in [0.05, 0.1) is 0 Å². The SMILES string of the molecule is Cc1ccc(-c2nc(C(C)(C)C)n(C)c2N)c(C)c1. The molecule has 0 saturated carbocycles. The van der Waals surface area contributed by atoms with Crippen molar-refractivity contribution in [1.82, 2.24) is 9.55 Å². The highest BCUT2D eigenvalue weighted by Gasteiger charge is 2.24. The molecule has 0 aliphatic carbocycles. The highest BCUT2D eigenvalue weighted by molar-refractivity contribution is 5.74. The van der Waals surface area contributed by atoms with Gasteiger partial charge in [0, 0.05) is 18.0 Å². The Balaban J connectivity index is 2.64. The van der Waals surface area contributed by atoms with Gasteiger partial charge in [-0.05, 0) is 19.4 Å². The molecule has 2 aromatic rings. The molecule has 0 unspecified atom stereocenters. The number of nitrogens with zero attached hydrogens (tertiary/aromatic N) is 2. The normalized spacial score (nSPS) is 11.9. The molecule has 1 heterocycles. The number of aromatic nitrogens is 2. The van der Waals surface area contributed by atoms with Gasteiger partial charge >= 0.3 is 0 Å². The van der Waals surface area contributed by atoms with Crippen molar-refractivity contribution in [2.45, 2.75) is 40.0 Å². The third-order valence-corrected chi connectivity index (χ3v) is 3.45. The minimum atomic E-state index is -0.0142. The molecule has 0 aliphatic heterocycles. The molecule has 1 aromatic carbocycles. The number of nitrogen functional groups attached to an aromatic ring is 1. The van der Waals surface area contributed by atoms with Crippen molar-refractivity contribution in [2.24, 2.45) is 7.05 Å². The maximum atomic E-state index is 6.24. The Labute approximate surface area is 115 Å². The van der Waals surface area contributed by atoms with Crippen LogP contribution >= 0.6 is 0 Å². The van der Waals surface area contributed by atoms with Crippen molar-refractivity contribution in [3.8, 4) is 11.3 Å². The number of hydrogen-bond donors (Lipinski definition) is 1. The summed E-state index contributed by atoms with van der Waals surface area (Å²) < 4.78 is 1.99. The van der Waals surface area contributed by atoms with Gasteiger partial charge in [-0.2, -0.15) is 0 Å². The van der Waals surface area contributed by atoms with E-state index in [2.05, 4.69) is 52.8 Å². The van der Waals surface area contributed by atoms with E-state index in [1.165, 1.54) is 11.1 Å². The van der Waals surface area contributed by atoms with Gasteiger partial charge in [-0.25, -0.2) is 4.98 Å². The molecule has 2 rings (SSSR count). The summed E-state index contributed by atoms with van der Waals surface area (Å²) in [5, 5.41) is 0. The quantitative estimate of drug-likeness (QED) is 0.848. The summed E-state index contributed by atoms with van der Waals surface area (Å²) in [6, 6.07) is 6.38. The van der Waals surface area contributed by atoms with Gasteiger partial charge in [0.25, 0.3) is 0 Å². The first kappa shape index (κ1) is 13.7. The van der Waals surface area contributed by atoms with Crippen molar-refractivity contribution in [3.05, 3.63) is 35.2 Å². The fourth-order valence-corrected chi connectivity index (χ4v) is 2.46. The van der Waals surface area contributed by atoms with Crippen LogP contribution in [0.15, 0.2) is 18.2 Å². The van der Waals surface area contributed by atoms with E-state index >= 15 is 0 Å². The average Bonchev–Trinajstić information content (AvgIpc) is 2.56. The number of anilines is 1. The molecule has 0 amide bonds. The van der Waals surface area contributed by atoms with E-state index in [0.717, 1.165) is 22.9 Å². The van der Waals surface area contributed by atoms with Crippen LogP contribution in [0.1, 0.15) is 37.7 Å². The summed E-state index contributed by atoms with van der Waals surface area (Å²) in [6.07, 6.45) is 0. The molecule has 2 N–H and O–H groups in total. The molecule has 1 aromatic heterocycles. The van der Waals surface area contributed by atoms with Gasteiger partial charge < -0.3 is 10.3 Å². The van der Waals surface area contributed by atoms with Crippen molar-refractivity contribution in [3.63, 3.8) is 0 Å². The summed E-state index contributed by atoms with van der Waals surface area (Å²) >= 11 is 0. The van der Waals surface area contributed by atoms with Gasteiger partial charge in [0.1, 0.15) is 17.3 Å². The molecule has 0 saturated heterocycles. The van der Waals surface area contributed by atoms with Crippen LogP contribution in [0.5, 0.6) is 0 Å². The summed E-state index contributed by atoms with van der Waals surface area (Å²) in [4.78, 5) is 4.78. The number of benzene rings is 1. The van der Waals surface area contributed by atoms with E-state index in [1.54, 1.807) is 0 Å². The number of hydrogen-bond acceptors (Lipinski definition) is 2. The zero-order valence-electron chi connectivity index (χ0n) is 12.7. The second-order valence-corrected chi connectivity index (χ2v) is 6.30. The topological polar surface area (TPSA) is 43.8 Å². The van der Waals surface area contributed by atoms with Crippen LogP contribution in [0.25, 0.3) is 11.3 Å². The Kier molecular flexibility index (Phi) is 3.17. The maximum absolute atomic E-state index is 6.24. The summed E-state index contributed by atoms with van der Waals surface area (Å²) in [5.41, 5.74) is 10.7. The van der Waals surface area contributed by atoms with E-state index in [0.29, 0.717) is 0 Å². The lowest BCUT2D eigenvalue weighted by Gasteiger charge is -2.17. The standard InChI is InChI=1S/C16H23N3/c1-10-7-8-12(11(2)9-10)13-14(17)19(6)15(18-13)16(3,4)5/h7-9H,17H2,1-6H3. The fraction of sp³-hybridized carbons (Fsp3) is 0.438. The number of imidazole rings is 1. The number of nitrogens with two attached hydrogens (primary N) is 1. The Morgan fingerprint density at radius 1 is 1.16 bits per heavy atom. The molecule has 0 atom stereocenters. The van der Waals surface area contributed by atoms with Gasteiger partial charge in [0.15, 0.2) is 0 Å². The summed E-state index contributed by atoms with van der Waals surface area (Å²) in [7, 11) is 1.98. The maximum Gasteiger partial charge on any atom is 0.131 e. The van der Waals surface area contributed by atoms with Crippen LogP contribution in [0.4, 0.5) is 5.82 Å². The first-order valence-electron chi connectivity index (χ1n) is 6.62. The predicted molar refractivity (Wildman–Crippen MR) is 81.2 cm³/mol. The van der Waals surface area contributed by atoms with Crippen LogP contribution in [-0.2, 0) is 12.5 Å². The highest BCUT2D eigenvalue weighted by Crippen LogP contribution is 2.32. The molecule has 3 nitrogen and oxygen atoms in total. The molecule has 102 valence electrons. The average molecular weight is 257 g/mol. The number of rotatable bonds is 1. The van der Waals surface area contributed by atoms with Crippen molar-refractivity contribution < 1.29 is 0 Å². The molecule has 0 bridgehead atoms. The Bertz CT molecular complexity index is 616. The molecule has 3 heteroatoms. The monoisotopic (exact) mass is 257 g/mol. The van der Waals surface area contributed by atoms with Crippen LogP contribution in [0, 0.1) is 13.8 Å². The van der Waals surface area contributed by atoms with E-state index in [4.69, 9.17) is 10.7 Å². The van der Waals surface area contributed by atoms with Crippen LogP contribution < -0.4 is 5.73 Å². The van der Waals surface area contributed by atoms with E-state index in [-0.39, 0.29) is 5.41 Å². The number of aryl methyl sites for hydroxylation is 2. The van der Waals surface area contributed by atoms with Crippen LogP contribution in [0.2, 0.25) is 0 Å². The Hall–Kier alpha value is -1.77. The largest absolute Gasteiger partial charge is 0.383 e. The second-order valence-electron chi connectivity index (χ2n) is 6.30. The lowest BCUT2D eigenvalue weighted by molar-refractivity contribution is 0.524. The van der Waals surface area contributed by atoms with Crippen LogP contribution in [-0.4, -0.2) is 9.55 Å². The molecule has 19 heavy (non-hydrogen) atoms. The zero-order chi connectivity index (χ0) is 14.4. The minimum absolute atomic E-state index is 0.0142.